The van der Waals surface area contributed by atoms with Crippen LogP contribution in [0.25, 0.3) is 11.6 Å². The predicted molar refractivity (Wildman–Crippen MR) is 111 cm³/mol. The average Bonchev–Trinajstić information content (AvgIpc) is 3.36. The fraction of sp³-hybridized carbons (Fsp3) is 0.368. The van der Waals surface area contributed by atoms with E-state index in [4.69, 9.17) is 16.6 Å². The van der Waals surface area contributed by atoms with Gasteiger partial charge >= 0.3 is 0 Å². The van der Waals surface area contributed by atoms with Crippen LogP contribution in [0.5, 0.6) is 0 Å². The molecule has 0 N–H and O–H groups in total. The number of sulfonamides is 1. The highest BCUT2D eigenvalue weighted by molar-refractivity contribution is 7.89. The predicted octanol–water partition coefficient (Wildman–Crippen LogP) is 2.94. The molecular weight excluding hydrogens is 448 g/mol. The molecule has 1 aromatic carbocycles. The molecule has 8 nitrogen and oxygen atoms in total. The third kappa shape index (κ3) is 4.07. The molecule has 4 rings (SSSR count). The second kappa shape index (κ2) is 8.61. The Labute approximate surface area is 183 Å². The molecule has 1 fully saturated rings. The van der Waals surface area contributed by atoms with Crippen molar-refractivity contribution in [2.75, 3.05) is 26.2 Å². The Kier molecular flexibility index (Phi) is 6.06. The highest BCUT2D eigenvalue weighted by Gasteiger charge is 2.33. The normalized spacial score (nSPS) is 16.1. The van der Waals surface area contributed by atoms with Crippen LogP contribution in [0.15, 0.2) is 45.9 Å². The Hall–Kier alpha value is -2.41. The quantitative estimate of drug-likeness (QED) is 0.517. The van der Waals surface area contributed by atoms with E-state index < -0.39 is 26.6 Å². The third-order valence-electron chi connectivity index (χ3n) is 5.16. The monoisotopic (exact) mass is 469 g/mol. The number of piperazine rings is 1. The Morgan fingerprint density at radius 1 is 1.10 bits per heavy atom. The van der Waals surface area contributed by atoms with Gasteiger partial charge in [0.05, 0.1) is 12.9 Å². The summed E-state index contributed by atoms with van der Waals surface area (Å²) >= 11 is 5.53. The van der Waals surface area contributed by atoms with Gasteiger partial charge in [-0.3, -0.25) is 9.47 Å². The van der Waals surface area contributed by atoms with E-state index in [2.05, 4.69) is 5.10 Å². The van der Waals surface area contributed by atoms with E-state index in [1.165, 1.54) is 0 Å². The molecule has 0 unspecified atom stereocenters. The van der Waals surface area contributed by atoms with Crippen LogP contribution in [-0.2, 0) is 23.2 Å². The summed E-state index contributed by atoms with van der Waals surface area (Å²) in [4.78, 5) is 1.08. The Bertz CT molecular complexity index is 1210. The Balaban J connectivity index is 1.49. The fourth-order valence-electron chi connectivity index (χ4n) is 3.57. The van der Waals surface area contributed by atoms with Crippen molar-refractivity contribution in [3.63, 3.8) is 0 Å². The van der Waals surface area contributed by atoms with Gasteiger partial charge < -0.3 is 4.42 Å². The third-order valence-corrected chi connectivity index (χ3v) is 7.54. The summed E-state index contributed by atoms with van der Waals surface area (Å²) in [6.07, 6.45) is 1.56. The van der Waals surface area contributed by atoms with E-state index in [0.717, 1.165) is 22.5 Å². The number of halogens is 2. The van der Waals surface area contributed by atoms with Crippen molar-refractivity contribution >= 4 is 22.2 Å². The molecule has 3 aromatic rings. The zero-order valence-electron chi connectivity index (χ0n) is 16.7. The first-order valence-electron chi connectivity index (χ1n) is 9.71. The van der Waals surface area contributed by atoms with Crippen molar-refractivity contribution in [2.24, 2.45) is 0 Å². The zero-order chi connectivity index (χ0) is 22.2. The van der Waals surface area contributed by atoms with Gasteiger partial charge in [-0.1, -0.05) is 6.07 Å². The van der Waals surface area contributed by atoms with E-state index in [1.54, 1.807) is 23.1 Å². The Morgan fingerprint density at radius 3 is 2.35 bits per heavy atom. The summed E-state index contributed by atoms with van der Waals surface area (Å²) in [6, 6.07) is 6.59. The van der Waals surface area contributed by atoms with Gasteiger partial charge in [0.1, 0.15) is 11.6 Å². The minimum atomic E-state index is -4.27. The molecule has 0 bridgehead atoms. The van der Waals surface area contributed by atoms with Crippen LogP contribution in [0, 0.1) is 16.4 Å². The molecule has 1 aliphatic heterocycles. The van der Waals surface area contributed by atoms with E-state index in [-0.39, 0.29) is 13.1 Å². The molecule has 166 valence electrons. The van der Waals surface area contributed by atoms with Gasteiger partial charge in [-0.15, -0.1) is 5.10 Å². The summed E-state index contributed by atoms with van der Waals surface area (Å²) in [5.74, 6) is -0.961. The number of nitrogens with zero attached hydrogens (tertiary/aromatic N) is 5. The molecule has 2 aromatic heterocycles. The van der Waals surface area contributed by atoms with Crippen molar-refractivity contribution in [3.05, 3.63) is 53.0 Å². The lowest BCUT2D eigenvalue weighted by Crippen LogP contribution is -2.49. The largest absolute Gasteiger partial charge is 0.461 e. The zero-order valence-corrected chi connectivity index (χ0v) is 18.4. The van der Waals surface area contributed by atoms with Crippen LogP contribution in [0.1, 0.15) is 6.92 Å². The molecule has 12 heteroatoms. The van der Waals surface area contributed by atoms with Crippen molar-refractivity contribution in [2.45, 2.75) is 25.0 Å². The second-order valence-electron chi connectivity index (χ2n) is 7.04. The van der Waals surface area contributed by atoms with Crippen LogP contribution < -0.4 is 0 Å². The van der Waals surface area contributed by atoms with Gasteiger partial charge in [-0.2, -0.15) is 4.31 Å². The lowest BCUT2D eigenvalue weighted by molar-refractivity contribution is 0.144. The maximum atomic E-state index is 14.0. The van der Waals surface area contributed by atoms with Gasteiger partial charge in [0.25, 0.3) is 0 Å². The first-order chi connectivity index (χ1) is 14.8. The van der Waals surface area contributed by atoms with E-state index in [1.807, 2.05) is 16.4 Å². The molecule has 1 saturated heterocycles. The summed E-state index contributed by atoms with van der Waals surface area (Å²) < 4.78 is 64.1. The smallest absolute Gasteiger partial charge is 0.249 e. The first-order valence-corrected chi connectivity index (χ1v) is 11.6. The maximum absolute atomic E-state index is 14.0. The number of rotatable bonds is 6. The highest BCUT2D eigenvalue weighted by atomic mass is 32.2. The van der Waals surface area contributed by atoms with E-state index in [0.29, 0.717) is 42.7 Å². The first kappa shape index (κ1) is 21.8. The molecular formula is C19H21F2N5O3S2. The van der Waals surface area contributed by atoms with Gasteiger partial charge in [0.15, 0.2) is 21.3 Å². The number of hydrogen-bond donors (Lipinski definition) is 0. The van der Waals surface area contributed by atoms with Gasteiger partial charge in [0.2, 0.25) is 10.0 Å². The molecule has 0 saturated carbocycles. The Morgan fingerprint density at radius 2 is 1.77 bits per heavy atom. The van der Waals surface area contributed by atoms with Gasteiger partial charge in [-0.05, 0) is 43.4 Å². The van der Waals surface area contributed by atoms with Crippen molar-refractivity contribution in [1.82, 2.24) is 23.6 Å². The minimum Gasteiger partial charge on any atom is -0.461 e. The second-order valence-corrected chi connectivity index (χ2v) is 9.28. The summed E-state index contributed by atoms with van der Waals surface area (Å²) in [5, 5.41) is 4.56. The van der Waals surface area contributed by atoms with E-state index >= 15 is 0 Å². The molecule has 3 heterocycles. The SMILES string of the molecule is CCn1c(-c2ccco2)nn(CN2CCN(S(=O)(=O)c3c(F)cccc3F)CC2)c1=S. The molecule has 0 atom stereocenters. The van der Waals surface area contributed by atoms with E-state index in [9.17, 15) is 17.2 Å². The highest BCUT2D eigenvalue weighted by Crippen LogP contribution is 2.24. The minimum absolute atomic E-state index is 0.100. The lowest BCUT2D eigenvalue weighted by atomic mass is 10.3. The van der Waals surface area contributed by atoms with Gasteiger partial charge in [0, 0.05) is 32.7 Å². The van der Waals surface area contributed by atoms with Crippen LogP contribution in [0.2, 0.25) is 0 Å². The summed E-state index contributed by atoms with van der Waals surface area (Å²) in [7, 11) is -4.27. The summed E-state index contributed by atoms with van der Waals surface area (Å²) in [5.41, 5.74) is 0. The molecule has 0 radical (unpaired) electrons. The molecule has 0 spiro atoms. The van der Waals surface area contributed by atoms with Crippen LogP contribution >= 0.6 is 12.2 Å². The maximum Gasteiger partial charge on any atom is 0.249 e. The van der Waals surface area contributed by atoms with Crippen molar-refractivity contribution < 1.29 is 21.6 Å². The fourth-order valence-corrected chi connectivity index (χ4v) is 5.41. The number of benzene rings is 1. The van der Waals surface area contributed by atoms with Crippen LogP contribution in [-0.4, -0.2) is 58.1 Å². The van der Waals surface area contributed by atoms with Crippen molar-refractivity contribution in [1.29, 1.82) is 0 Å². The lowest BCUT2D eigenvalue weighted by Gasteiger charge is -2.33. The molecule has 1 aliphatic rings. The van der Waals surface area contributed by atoms with Crippen LogP contribution in [0.4, 0.5) is 8.78 Å². The number of hydrogen-bond acceptors (Lipinski definition) is 6. The number of aromatic nitrogens is 3. The van der Waals surface area contributed by atoms with Crippen molar-refractivity contribution in [3.8, 4) is 11.6 Å². The standard InChI is InChI=1S/C19H21F2N5O3S2/c1-2-25-18(16-7-4-12-29-16)22-26(19(25)30)13-23-8-10-24(11-9-23)31(27,28)17-14(20)5-3-6-15(17)21/h3-7,12H,2,8-11,13H2,1H3. The molecule has 0 aliphatic carbocycles. The van der Waals surface area contributed by atoms with Gasteiger partial charge in [-0.25, -0.2) is 21.9 Å². The van der Waals surface area contributed by atoms with Crippen LogP contribution in [0.3, 0.4) is 0 Å². The summed E-state index contributed by atoms with van der Waals surface area (Å²) in [6.45, 7) is 3.88. The molecule has 0 amide bonds. The average molecular weight is 470 g/mol. The molecule has 31 heavy (non-hydrogen) atoms. The number of furan rings is 1. The topological polar surface area (TPSA) is 76.5 Å².